The van der Waals surface area contributed by atoms with Crippen LogP contribution in [-0.2, 0) is 0 Å². The van der Waals surface area contributed by atoms with Crippen LogP contribution in [0.15, 0.2) is 22.8 Å². The van der Waals surface area contributed by atoms with E-state index in [1.807, 2.05) is 18.2 Å². The first-order valence-corrected chi connectivity index (χ1v) is 5.70. The average molecular weight is 293 g/mol. The smallest absolute Gasteiger partial charge is 0.130 e. The lowest BCUT2D eigenvalue weighted by Crippen LogP contribution is -2.35. The summed E-state index contributed by atoms with van der Waals surface area (Å²) in [6, 6.07) is 6.46. The van der Waals surface area contributed by atoms with Gasteiger partial charge in [-0.2, -0.15) is 0 Å². The van der Waals surface area contributed by atoms with Gasteiger partial charge >= 0.3 is 0 Å². The molecule has 0 aromatic carbocycles. The highest BCUT2D eigenvalue weighted by atomic mass is 79.9. The van der Waals surface area contributed by atoms with E-state index in [0.29, 0.717) is 12.6 Å². The van der Waals surface area contributed by atoms with Crippen molar-refractivity contribution in [1.82, 2.24) is 4.98 Å². The van der Waals surface area contributed by atoms with Gasteiger partial charge in [-0.3, -0.25) is 0 Å². The Bertz CT molecular complexity index is 321. The van der Waals surface area contributed by atoms with Crippen LogP contribution < -0.4 is 10.6 Å². The van der Waals surface area contributed by atoms with Crippen LogP contribution in [0.3, 0.4) is 0 Å². The maximum Gasteiger partial charge on any atom is 0.130 e. The molecule has 0 bridgehead atoms. The minimum absolute atomic E-state index is 0. The zero-order chi connectivity index (χ0) is 9.97. The molecule has 0 amide bonds. The number of pyridine rings is 1. The van der Waals surface area contributed by atoms with Gasteiger partial charge in [0.1, 0.15) is 10.4 Å². The monoisotopic (exact) mass is 291 g/mol. The second-order valence-electron chi connectivity index (χ2n) is 3.54. The van der Waals surface area contributed by atoms with Crippen LogP contribution in [0.2, 0.25) is 0 Å². The summed E-state index contributed by atoms with van der Waals surface area (Å²) in [5.74, 6) is 1.03. The molecule has 84 valence electrons. The van der Waals surface area contributed by atoms with Crippen LogP contribution in [0.1, 0.15) is 12.8 Å². The van der Waals surface area contributed by atoms with Crippen molar-refractivity contribution in [2.24, 2.45) is 5.73 Å². The summed E-state index contributed by atoms with van der Waals surface area (Å²) in [5.41, 5.74) is 5.72. The SMILES string of the molecule is Cl.NCC1CCCN1c1cccc(Br)n1. The Balaban J connectivity index is 0.00000112. The summed E-state index contributed by atoms with van der Waals surface area (Å²) in [6.07, 6.45) is 2.40. The highest BCUT2D eigenvalue weighted by Crippen LogP contribution is 2.24. The molecule has 3 nitrogen and oxygen atoms in total. The predicted molar refractivity (Wildman–Crippen MR) is 68.6 cm³/mol. The van der Waals surface area contributed by atoms with E-state index < -0.39 is 0 Å². The Kier molecular flexibility index (Phi) is 4.83. The summed E-state index contributed by atoms with van der Waals surface area (Å²) >= 11 is 3.38. The number of nitrogens with zero attached hydrogens (tertiary/aromatic N) is 2. The second-order valence-corrected chi connectivity index (χ2v) is 4.36. The third-order valence-corrected chi connectivity index (χ3v) is 3.09. The molecule has 2 N–H and O–H groups in total. The molecule has 1 aromatic heterocycles. The topological polar surface area (TPSA) is 42.1 Å². The number of hydrogen-bond donors (Lipinski definition) is 1. The minimum Gasteiger partial charge on any atom is -0.352 e. The van der Waals surface area contributed by atoms with Crippen molar-refractivity contribution in [2.45, 2.75) is 18.9 Å². The van der Waals surface area contributed by atoms with Crippen molar-refractivity contribution >= 4 is 34.2 Å². The van der Waals surface area contributed by atoms with E-state index in [1.54, 1.807) is 0 Å². The fourth-order valence-electron chi connectivity index (χ4n) is 1.94. The zero-order valence-electron chi connectivity index (χ0n) is 8.40. The molecule has 2 heterocycles. The van der Waals surface area contributed by atoms with Crippen LogP contribution in [0.5, 0.6) is 0 Å². The summed E-state index contributed by atoms with van der Waals surface area (Å²) in [7, 11) is 0. The van der Waals surface area contributed by atoms with Crippen LogP contribution >= 0.6 is 28.3 Å². The van der Waals surface area contributed by atoms with Crippen molar-refractivity contribution in [3.8, 4) is 0 Å². The average Bonchev–Trinajstić information content (AvgIpc) is 2.65. The zero-order valence-corrected chi connectivity index (χ0v) is 10.8. The quantitative estimate of drug-likeness (QED) is 0.850. The second kappa shape index (κ2) is 5.68. The molecular formula is C10H15BrClN3. The van der Waals surface area contributed by atoms with Crippen molar-refractivity contribution < 1.29 is 0 Å². The Morgan fingerprint density at radius 1 is 1.53 bits per heavy atom. The van der Waals surface area contributed by atoms with Crippen molar-refractivity contribution in [1.29, 1.82) is 0 Å². The first-order chi connectivity index (χ1) is 6.81. The Hall–Kier alpha value is -0.320. The van der Waals surface area contributed by atoms with E-state index in [2.05, 4.69) is 25.8 Å². The van der Waals surface area contributed by atoms with Gasteiger partial charge < -0.3 is 10.6 Å². The van der Waals surface area contributed by atoms with Gasteiger partial charge in [0, 0.05) is 19.1 Å². The summed E-state index contributed by atoms with van der Waals surface area (Å²) in [6.45, 7) is 1.79. The number of anilines is 1. The fourth-order valence-corrected chi connectivity index (χ4v) is 2.27. The van der Waals surface area contributed by atoms with E-state index in [0.717, 1.165) is 17.0 Å². The Labute approximate surface area is 105 Å². The first-order valence-electron chi connectivity index (χ1n) is 4.90. The number of halogens is 2. The van der Waals surface area contributed by atoms with Gasteiger partial charge in [-0.25, -0.2) is 4.98 Å². The third kappa shape index (κ3) is 2.83. The molecule has 5 heteroatoms. The molecule has 2 rings (SSSR count). The maximum atomic E-state index is 5.72. The van der Waals surface area contributed by atoms with Crippen molar-refractivity contribution in [3.63, 3.8) is 0 Å². The van der Waals surface area contributed by atoms with E-state index >= 15 is 0 Å². The summed E-state index contributed by atoms with van der Waals surface area (Å²) in [5, 5.41) is 0. The van der Waals surface area contributed by atoms with Gasteiger partial charge in [0.25, 0.3) is 0 Å². The first kappa shape index (κ1) is 12.7. The molecular weight excluding hydrogens is 277 g/mol. The van der Waals surface area contributed by atoms with Crippen molar-refractivity contribution in [2.75, 3.05) is 18.0 Å². The fraction of sp³-hybridized carbons (Fsp3) is 0.500. The number of nitrogens with two attached hydrogens (primary N) is 1. The largest absolute Gasteiger partial charge is 0.352 e. The molecule has 0 saturated carbocycles. The molecule has 1 aromatic rings. The van der Waals surface area contributed by atoms with E-state index in [9.17, 15) is 0 Å². The molecule has 1 fully saturated rings. The number of rotatable bonds is 2. The molecule has 15 heavy (non-hydrogen) atoms. The molecule has 1 aliphatic rings. The lowest BCUT2D eigenvalue weighted by molar-refractivity contribution is 0.671. The lowest BCUT2D eigenvalue weighted by atomic mass is 10.2. The summed E-state index contributed by atoms with van der Waals surface area (Å²) < 4.78 is 0.887. The standard InChI is InChI=1S/C10H14BrN3.ClH/c11-9-4-1-5-10(13-9)14-6-2-3-8(14)7-12;/h1,4-5,8H,2-3,6-7,12H2;1H. The minimum atomic E-state index is 0. The van der Waals surface area contributed by atoms with Crippen LogP contribution in [0, 0.1) is 0 Å². The molecule has 0 aliphatic carbocycles. The van der Waals surface area contributed by atoms with Crippen LogP contribution in [0.4, 0.5) is 5.82 Å². The van der Waals surface area contributed by atoms with Gasteiger partial charge in [-0.1, -0.05) is 6.07 Å². The van der Waals surface area contributed by atoms with E-state index in [1.165, 1.54) is 12.8 Å². The van der Waals surface area contributed by atoms with E-state index in [-0.39, 0.29) is 12.4 Å². The van der Waals surface area contributed by atoms with Gasteiger partial charge in [-0.15, -0.1) is 12.4 Å². The van der Waals surface area contributed by atoms with Gasteiger partial charge in [-0.05, 0) is 40.9 Å². The molecule has 1 aliphatic heterocycles. The number of hydrogen-bond acceptors (Lipinski definition) is 3. The molecule has 1 saturated heterocycles. The molecule has 0 radical (unpaired) electrons. The maximum absolute atomic E-state index is 5.72. The summed E-state index contributed by atoms with van der Waals surface area (Å²) in [4.78, 5) is 6.74. The van der Waals surface area contributed by atoms with Crippen LogP contribution in [-0.4, -0.2) is 24.1 Å². The molecule has 1 atom stereocenters. The highest BCUT2D eigenvalue weighted by Gasteiger charge is 2.23. The van der Waals surface area contributed by atoms with Crippen molar-refractivity contribution in [3.05, 3.63) is 22.8 Å². The highest BCUT2D eigenvalue weighted by molar-refractivity contribution is 9.10. The third-order valence-electron chi connectivity index (χ3n) is 2.64. The normalized spacial score (nSPS) is 20.1. The predicted octanol–water partition coefficient (Wildman–Crippen LogP) is 2.19. The Morgan fingerprint density at radius 3 is 3.00 bits per heavy atom. The van der Waals surface area contributed by atoms with Crippen LogP contribution in [0.25, 0.3) is 0 Å². The van der Waals surface area contributed by atoms with Gasteiger partial charge in [0.2, 0.25) is 0 Å². The number of aromatic nitrogens is 1. The van der Waals surface area contributed by atoms with Gasteiger partial charge in [0.05, 0.1) is 0 Å². The van der Waals surface area contributed by atoms with Gasteiger partial charge in [0.15, 0.2) is 0 Å². The lowest BCUT2D eigenvalue weighted by Gasteiger charge is -2.24. The Morgan fingerprint density at radius 2 is 2.33 bits per heavy atom. The van der Waals surface area contributed by atoms with E-state index in [4.69, 9.17) is 5.73 Å². The molecule has 0 spiro atoms. The molecule has 1 unspecified atom stereocenters.